The van der Waals surface area contributed by atoms with E-state index in [-0.39, 0.29) is 0 Å². The molecule has 0 spiro atoms. The molecule has 20 heavy (non-hydrogen) atoms. The molecule has 0 N–H and O–H groups in total. The Labute approximate surface area is 121 Å². The molecule has 0 amide bonds. The largest absolute Gasteiger partial charge is 0.359 e. The van der Waals surface area contributed by atoms with E-state index in [1.165, 1.54) is 11.4 Å². The lowest BCUT2D eigenvalue weighted by Gasteiger charge is -2.23. The van der Waals surface area contributed by atoms with Gasteiger partial charge in [-0.2, -0.15) is 0 Å². The van der Waals surface area contributed by atoms with E-state index in [1.807, 2.05) is 12.1 Å². The molecule has 0 aromatic heterocycles. The Morgan fingerprint density at radius 3 is 1.35 bits per heavy atom. The summed E-state index contributed by atoms with van der Waals surface area (Å²) < 4.78 is 2.12. The van der Waals surface area contributed by atoms with Crippen molar-refractivity contribution in [1.29, 1.82) is 0 Å². The van der Waals surface area contributed by atoms with Crippen LogP contribution in [0.4, 0.5) is 11.4 Å². The predicted molar refractivity (Wildman–Crippen MR) is 86.8 cm³/mol. The molecule has 0 saturated carbocycles. The Kier molecular flexibility index (Phi) is 4.41. The third kappa shape index (κ3) is 2.99. The number of benzene rings is 2. The minimum absolute atomic E-state index is 1.11. The molecule has 0 aliphatic carbocycles. The van der Waals surface area contributed by atoms with Crippen LogP contribution in [0.25, 0.3) is 0 Å². The summed E-state index contributed by atoms with van der Waals surface area (Å²) in [7, 11) is 8.30. The third-order valence-corrected chi connectivity index (χ3v) is 3.29. The maximum absolute atomic E-state index is 2.19. The van der Waals surface area contributed by atoms with Crippen molar-refractivity contribution in [2.24, 2.45) is 0 Å². The maximum atomic E-state index is 2.19. The zero-order valence-electron chi connectivity index (χ0n) is 12.6. The normalized spacial score (nSPS) is 10.0. The molecule has 0 bridgehead atoms. The summed E-state index contributed by atoms with van der Waals surface area (Å²) in [5.74, 6) is 1.11. The minimum Gasteiger partial charge on any atom is -0.270 e. The lowest BCUT2D eigenvalue weighted by Crippen LogP contribution is -2.45. The average Bonchev–Trinajstić information content (AvgIpc) is 2.48. The van der Waals surface area contributed by atoms with Gasteiger partial charge in [0.15, 0.2) is 0 Å². The number of rotatable bonds is 2. The van der Waals surface area contributed by atoms with Crippen LogP contribution in [0.5, 0.6) is 0 Å². The van der Waals surface area contributed by atoms with Gasteiger partial charge in [-0.15, -0.1) is 0 Å². The van der Waals surface area contributed by atoms with Gasteiger partial charge in [0, 0.05) is 0 Å². The van der Waals surface area contributed by atoms with Crippen molar-refractivity contribution >= 4 is 17.3 Å². The fourth-order valence-electron chi connectivity index (χ4n) is 2.36. The molecule has 0 atom stereocenters. The highest BCUT2D eigenvalue weighted by molar-refractivity contribution is 6.03. The molecule has 0 aliphatic rings. The van der Waals surface area contributed by atoms with E-state index in [9.17, 15) is 0 Å². The van der Waals surface area contributed by atoms with Gasteiger partial charge in [-0.3, -0.25) is 4.58 Å². The zero-order chi connectivity index (χ0) is 14.5. The summed E-state index contributed by atoms with van der Waals surface area (Å²) in [6.07, 6.45) is 0. The minimum atomic E-state index is 1.11. The first kappa shape index (κ1) is 14.1. The second-order valence-electron chi connectivity index (χ2n) is 4.98. The Bertz CT molecular complexity index is 524. The van der Waals surface area contributed by atoms with Crippen LogP contribution in [0, 0.1) is 0 Å². The number of para-hydroxylation sites is 2. The van der Waals surface area contributed by atoms with Gasteiger partial charge in [-0.1, -0.05) is 36.4 Å². The van der Waals surface area contributed by atoms with Crippen molar-refractivity contribution in [3.05, 3.63) is 60.7 Å². The molecular weight excluding hydrogens is 246 g/mol. The van der Waals surface area contributed by atoms with Crippen LogP contribution in [0.1, 0.15) is 0 Å². The SMILES string of the molecule is CN(C(N(C)c1ccccc1)=[N+](C)C)c1ccccc1. The van der Waals surface area contributed by atoms with Gasteiger partial charge in [-0.05, 0) is 24.3 Å². The highest BCUT2D eigenvalue weighted by Crippen LogP contribution is 2.17. The molecule has 3 nitrogen and oxygen atoms in total. The summed E-state index contributed by atoms with van der Waals surface area (Å²) >= 11 is 0. The summed E-state index contributed by atoms with van der Waals surface area (Å²) in [6.45, 7) is 0. The number of nitrogens with zero attached hydrogens (tertiary/aromatic N) is 3. The molecule has 3 heteroatoms. The van der Waals surface area contributed by atoms with Crippen molar-refractivity contribution in [1.82, 2.24) is 0 Å². The van der Waals surface area contributed by atoms with Crippen molar-refractivity contribution in [3.8, 4) is 0 Å². The summed E-state index contributed by atoms with van der Waals surface area (Å²) in [6, 6.07) is 20.8. The summed E-state index contributed by atoms with van der Waals surface area (Å²) in [5.41, 5.74) is 2.33. The molecule has 0 heterocycles. The van der Waals surface area contributed by atoms with E-state index < -0.39 is 0 Å². The first-order valence-corrected chi connectivity index (χ1v) is 6.73. The first-order valence-electron chi connectivity index (χ1n) is 6.73. The predicted octanol–water partition coefficient (Wildman–Crippen LogP) is 2.89. The lowest BCUT2D eigenvalue weighted by molar-refractivity contribution is -0.466. The molecule has 0 saturated heterocycles. The van der Waals surface area contributed by atoms with Crippen LogP contribution in [0.3, 0.4) is 0 Å². The van der Waals surface area contributed by atoms with Crippen molar-refractivity contribution in [2.45, 2.75) is 0 Å². The number of hydrogen-bond acceptors (Lipinski definition) is 0. The highest BCUT2D eigenvalue weighted by Gasteiger charge is 2.24. The zero-order valence-corrected chi connectivity index (χ0v) is 12.6. The quantitative estimate of drug-likeness (QED) is 0.471. The van der Waals surface area contributed by atoms with Gasteiger partial charge in [0.2, 0.25) is 0 Å². The standard InChI is InChI=1S/C17H22N3/c1-18(2)17(19(3)15-11-7-5-8-12-15)20(4)16-13-9-6-10-14-16/h5-14H,1-4H3/q+1. The molecule has 2 aromatic rings. The van der Waals surface area contributed by atoms with Crippen LogP contribution in [0.15, 0.2) is 60.7 Å². The van der Waals surface area contributed by atoms with Gasteiger partial charge >= 0.3 is 5.96 Å². The van der Waals surface area contributed by atoms with Gasteiger partial charge in [0.05, 0.1) is 28.2 Å². The van der Waals surface area contributed by atoms with E-state index in [2.05, 4.69) is 91.1 Å². The number of hydrogen-bond donors (Lipinski definition) is 0. The summed E-state index contributed by atoms with van der Waals surface area (Å²) in [5, 5.41) is 0. The molecule has 0 unspecified atom stereocenters. The topological polar surface area (TPSA) is 9.49 Å². The van der Waals surface area contributed by atoms with Crippen LogP contribution < -0.4 is 9.80 Å². The van der Waals surface area contributed by atoms with Crippen molar-refractivity contribution in [2.75, 3.05) is 38.0 Å². The van der Waals surface area contributed by atoms with E-state index in [0.717, 1.165) is 5.96 Å². The number of anilines is 2. The maximum Gasteiger partial charge on any atom is 0.359 e. The fourth-order valence-corrected chi connectivity index (χ4v) is 2.36. The van der Waals surface area contributed by atoms with E-state index in [1.54, 1.807) is 0 Å². The van der Waals surface area contributed by atoms with Crippen LogP contribution in [-0.2, 0) is 0 Å². The van der Waals surface area contributed by atoms with E-state index in [4.69, 9.17) is 0 Å². The second-order valence-corrected chi connectivity index (χ2v) is 4.98. The van der Waals surface area contributed by atoms with E-state index in [0.29, 0.717) is 0 Å². The molecular formula is C17H22N3+. The van der Waals surface area contributed by atoms with Crippen LogP contribution in [0.2, 0.25) is 0 Å². The molecule has 0 radical (unpaired) electrons. The lowest BCUT2D eigenvalue weighted by atomic mass is 10.3. The van der Waals surface area contributed by atoms with Gasteiger partial charge in [0.1, 0.15) is 11.4 Å². The van der Waals surface area contributed by atoms with Gasteiger partial charge < -0.3 is 0 Å². The fraction of sp³-hybridized carbons (Fsp3) is 0.235. The van der Waals surface area contributed by atoms with Gasteiger partial charge in [-0.25, -0.2) is 9.80 Å². The average molecular weight is 268 g/mol. The molecule has 2 aromatic carbocycles. The number of guanidine groups is 1. The third-order valence-electron chi connectivity index (χ3n) is 3.29. The Morgan fingerprint density at radius 1 is 0.700 bits per heavy atom. The monoisotopic (exact) mass is 268 g/mol. The smallest absolute Gasteiger partial charge is 0.270 e. The van der Waals surface area contributed by atoms with Crippen LogP contribution >= 0.6 is 0 Å². The molecule has 104 valence electrons. The Morgan fingerprint density at radius 2 is 1.05 bits per heavy atom. The van der Waals surface area contributed by atoms with Crippen molar-refractivity contribution < 1.29 is 4.58 Å². The second kappa shape index (κ2) is 6.24. The Hall–Kier alpha value is -2.29. The molecule has 0 aliphatic heterocycles. The summed E-state index contributed by atoms with van der Waals surface area (Å²) in [4.78, 5) is 4.38. The Balaban J connectivity index is 2.36. The molecule has 2 rings (SSSR count). The molecule has 0 fully saturated rings. The van der Waals surface area contributed by atoms with E-state index >= 15 is 0 Å². The van der Waals surface area contributed by atoms with Crippen molar-refractivity contribution in [3.63, 3.8) is 0 Å². The van der Waals surface area contributed by atoms with Crippen LogP contribution in [-0.4, -0.2) is 38.7 Å². The first-order chi connectivity index (χ1) is 9.61. The highest BCUT2D eigenvalue weighted by atomic mass is 15.4. The van der Waals surface area contributed by atoms with Gasteiger partial charge in [0.25, 0.3) is 0 Å².